The molecule has 6 rings (SSSR count). The SMILES string of the molecule is O=c1[nH]cc(-c2ccc(Cl)cc2)c2cc(CO)c3ccc(-c4ccc(CN5CCOCC5)cc4)cc3c12. The van der Waals surface area contributed by atoms with E-state index in [9.17, 15) is 9.90 Å². The molecule has 0 amide bonds. The molecule has 0 bridgehead atoms. The van der Waals surface area contributed by atoms with Gasteiger partial charge in [-0.2, -0.15) is 0 Å². The number of aliphatic hydroxyl groups is 1. The number of ether oxygens (including phenoxy) is 1. The number of aliphatic hydroxyl groups excluding tert-OH is 1. The van der Waals surface area contributed by atoms with E-state index in [4.69, 9.17) is 16.3 Å². The summed E-state index contributed by atoms with van der Waals surface area (Å²) in [6, 6.07) is 24.2. The van der Waals surface area contributed by atoms with Crippen molar-refractivity contribution in [2.45, 2.75) is 13.2 Å². The zero-order chi connectivity index (χ0) is 25.4. The van der Waals surface area contributed by atoms with Gasteiger partial charge in [-0.1, -0.05) is 60.1 Å². The van der Waals surface area contributed by atoms with Crippen molar-refractivity contribution < 1.29 is 9.84 Å². The smallest absolute Gasteiger partial charge is 0.256 e. The van der Waals surface area contributed by atoms with Gasteiger partial charge < -0.3 is 14.8 Å². The number of aromatic nitrogens is 1. The number of pyridine rings is 1. The maximum atomic E-state index is 13.2. The molecule has 1 aliphatic rings. The lowest BCUT2D eigenvalue weighted by Gasteiger charge is -2.26. The molecule has 1 aromatic heterocycles. The average molecular weight is 511 g/mol. The topological polar surface area (TPSA) is 65.6 Å². The molecule has 0 spiro atoms. The fraction of sp³-hybridized carbons (Fsp3) is 0.194. The van der Waals surface area contributed by atoms with Gasteiger partial charge in [0.1, 0.15) is 0 Å². The van der Waals surface area contributed by atoms with Gasteiger partial charge in [0.05, 0.1) is 25.2 Å². The molecule has 0 radical (unpaired) electrons. The summed E-state index contributed by atoms with van der Waals surface area (Å²) in [4.78, 5) is 18.5. The minimum absolute atomic E-state index is 0.116. The Hall–Kier alpha value is -3.48. The van der Waals surface area contributed by atoms with Gasteiger partial charge in [0.25, 0.3) is 5.56 Å². The Morgan fingerprint density at radius 3 is 2.27 bits per heavy atom. The molecule has 0 aliphatic carbocycles. The van der Waals surface area contributed by atoms with Gasteiger partial charge in [-0.3, -0.25) is 9.69 Å². The standard InChI is InChI=1S/C31H27ClN2O3/c32-25-8-5-22(6-9-25)29-17-33-31(36)30-27-15-23(7-10-26(27)24(19-35)16-28(29)30)21-3-1-20(2-4-21)18-34-11-13-37-14-12-34/h1-10,15-17,35H,11-14,18-19H2,(H,33,36). The molecule has 5 aromatic rings. The number of H-pyrrole nitrogens is 1. The quantitative estimate of drug-likeness (QED) is 0.285. The van der Waals surface area contributed by atoms with Gasteiger partial charge in [0.15, 0.2) is 0 Å². The van der Waals surface area contributed by atoms with Crippen molar-refractivity contribution in [1.82, 2.24) is 9.88 Å². The van der Waals surface area contributed by atoms with Crippen LogP contribution in [0.3, 0.4) is 0 Å². The third-order valence-electron chi connectivity index (χ3n) is 7.21. The molecule has 1 aliphatic heterocycles. The van der Waals surface area contributed by atoms with Crippen molar-refractivity contribution in [3.8, 4) is 22.3 Å². The Kier molecular flexibility index (Phi) is 6.53. The summed E-state index contributed by atoms with van der Waals surface area (Å²) < 4.78 is 5.45. The number of nitrogens with zero attached hydrogens (tertiary/aromatic N) is 1. The first-order valence-electron chi connectivity index (χ1n) is 12.5. The Morgan fingerprint density at radius 1 is 0.838 bits per heavy atom. The summed E-state index contributed by atoms with van der Waals surface area (Å²) in [5.74, 6) is 0. The van der Waals surface area contributed by atoms with Crippen LogP contribution in [0.25, 0.3) is 43.8 Å². The molecule has 5 nitrogen and oxygen atoms in total. The lowest BCUT2D eigenvalue weighted by molar-refractivity contribution is 0.0342. The number of benzene rings is 4. The highest BCUT2D eigenvalue weighted by Gasteiger charge is 2.15. The molecule has 2 heterocycles. The van der Waals surface area contributed by atoms with Crippen LogP contribution < -0.4 is 5.56 Å². The molecule has 0 atom stereocenters. The molecule has 6 heteroatoms. The van der Waals surface area contributed by atoms with Crippen molar-refractivity contribution in [3.05, 3.63) is 105 Å². The molecule has 1 fully saturated rings. The lowest BCUT2D eigenvalue weighted by atomic mass is 9.91. The van der Waals surface area contributed by atoms with Gasteiger partial charge >= 0.3 is 0 Å². The lowest BCUT2D eigenvalue weighted by Crippen LogP contribution is -2.35. The number of halogens is 1. The number of nitrogens with one attached hydrogen (secondary N) is 1. The number of morpholine rings is 1. The second-order valence-corrected chi connectivity index (χ2v) is 9.94. The summed E-state index contributed by atoms with van der Waals surface area (Å²) in [6.07, 6.45) is 1.73. The first-order valence-corrected chi connectivity index (χ1v) is 12.9. The van der Waals surface area contributed by atoms with Crippen LogP contribution in [0.1, 0.15) is 11.1 Å². The van der Waals surface area contributed by atoms with Crippen LogP contribution in [-0.2, 0) is 17.9 Å². The summed E-state index contributed by atoms with van der Waals surface area (Å²) >= 11 is 6.10. The fourth-order valence-electron chi connectivity index (χ4n) is 5.24. The second-order valence-electron chi connectivity index (χ2n) is 9.50. The highest BCUT2D eigenvalue weighted by molar-refractivity contribution is 6.30. The number of aromatic amines is 1. The molecule has 186 valence electrons. The number of hydrogen-bond donors (Lipinski definition) is 2. The van der Waals surface area contributed by atoms with Crippen LogP contribution in [-0.4, -0.2) is 41.3 Å². The molecule has 4 aromatic carbocycles. The minimum Gasteiger partial charge on any atom is -0.392 e. The van der Waals surface area contributed by atoms with Crippen molar-refractivity contribution in [2.24, 2.45) is 0 Å². The zero-order valence-corrected chi connectivity index (χ0v) is 21.1. The molecular formula is C31H27ClN2O3. The normalized spacial score (nSPS) is 14.4. The maximum Gasteiger partial charge on any atom is 0.256 e. The Labute approximate surface area is 219 Å². The first-order chi connectivity index (χ1) is 18.1. The van der Waals surface area contributed by atoms with Crippen LogP contribution in [0.15, 0.2) is 83.8 Å². The Bertz CT molecular complexity index is 1640. The predicted octanol–water partition coefficient (Wildman–Crippen LogP) is 5.99. The van der Waals surface area contributed by atoms with E-state index in [2.05, 4.69) is 46.3 Å². The highest BCUT2D eigenvalue weighted by Crippen LogP contribution is 2.35. The second kappa shape index (κ2) is 10.1. The van der Waals surface area contributed by atoms with Crippen LogP contribution >= 0.6 is 11.6 Å². The van der Waals surface area contributed by atoms with E-state index in [1.54, 1.807) is 6.20 Å². The van der Waals surface area contributed by atoms with E-state index < -0.39 is 0 Å². The van der Waals surface area contributed by atoms with Crippen LogP contribution in [0.5, 0.6) is 0 Å². The van der Waals surface area contributed by atoms with Gasteiger partial charge in [-0.15, -0.1) is 0 Å². The van der Waals surface area contributed by atoms with E-state index in [1.165, 1.54) is 5.56 Å². The predicted molar refractivity (Wildman–Crippen MR) is 150 cm³/mol. The van der Waals surface area contributed by atoms with Gasteiger partial charge in [0.2, 0.25) is 0 Å². The monoisotopic (exact) mass is 510 g/mol. The van der Waals surface area contributed by atoms with E-state index >= 15 is 0 Å². The number of rotatable bonds is 5. The third-order valence-corrected chi connectivity index (χ3v) is 7.46. The number of fused-ring (bicyclic) bond motifs is 3. The Morgan fingerprint density at radius 2 is 1.54 bits per heavy atom. The highest BCUT2D eigenvalue weighted by atomic mass is 35.5. The van der Waals surface area contributed by atoms with E-state index in [-0.39, 0.29) is 12.2 Å². The summed E-state index contributed by atoms with van der Waals surface area (Å²) in [5.41, 5.74) is 5.85. The molecule has 1 saturated heterocycles. The summed E-state index contributed by atoms with van der Waals surface area (Å²) in [5, 5.41) is 14.0. The third kappa shape index (κ3) is 4.67. The summed E-state index contributed by atoms with van der Waals surface area (Å²) in [7, 11) is 0. The van der Waals surface area contributed by atoms with Gasteiger partial charge in [0, 0.05) is 36.4 Å². The van der Waals surface area contributed by atoms with Crippen molar-refractivity contribution in [1.29, 1.82) is 0 Å². The van der Waals surface area contributed by atoms with E-state index in [0.29, 0.717) is 10.4 Å². The fourth-order valence-corrected chi connectivity index (χ4v) is 5.37. The summed E-state index contributed by atoms with van der Waals surface area (Å²) in [6.45, 7) is 4.29. The van der Waals surface area contributed by atoms with Crippen LogP contribution in [0.2, 0.25) is 5.02 Å². The zero-order valence-electron chi connectivity index (χ0n) is 20.3. The molecule has 0 unspecified atom stereocenters. The van der Waals surface area contributed by atoms with Crippen molar-refractivity contribution >= 4 is 33.1 Å². The number of hydrogen-bond acceptors (Lipinski definition) is 4. The van der Waals surface area contributed by atoms with Gasteiger partial charge in [-0.05, 0) is 68.2 Å². The van der Waals surface area contributed by atoms with Crippen molar-refractivity contribution in [2.75, 3.05) is 26.3 Å². The van der Waals surface area contributed by atoms with Crippen molar-refractivity contribution in [3.63, 3.8) is 0 Å². The largest absolute Gasteiger partial charge is 0.392 e. The molecule has 2 N–H and O–H groups in total. The average Bonchev–Trinajstić information content (AvgIpc) is 2.94. The minimum atomic E-state index is -0.153. The van der Waals surface area contributed by atoms with Crippen LogP contribution in [0, 0.1) is 0 Å². The first kappa shape index (κ1) is 23.9. The Balaban J connectivity index is 1.46. The van der Waals surface area contributed by atoms with E-state index in [1.807, 2.05) is 36.4 Å². The molecular weight excluding hydrogens is 484 g/mol. The maximum absolute atomic E-state index is 13.2. The van der Waals surface area contributed by atoms with E-state index in [0.717, 1.165) is 76.8 Å². The molecule has 37 heavy (non-hydrogen) atoms. The van der Waals surface area contributed by atoms with Crippen LogP contribution in [0.4, 0.5) is 0 Å². The van der Waals surface area contributed by atoms with Gasteiger partial charge in [-0.25, -0.2) is 0 Å². The molecule has 0 saturated carbocycles.